The highest BCUT2D eigenvalue weighted by Crippen LogP contribution is 2.25. The smallest absolute Gasteiger partial charge is 0.273 e. The molecule has 0 bridgehead atoms. The number of primary sulfonamides is 1. The van der Waals surface area contributed by atoms with Crippen LogP contribution in [0, 0.1) is 0 Å². The van der Waals surface area contributed by atoms with Crippen molar-refractivity contribution in [2.45, 2.75) is 43.5 Å². The molecule has 1 heterocycles. The molecule has 0 saturated heterocycles. The van der Waals surface area contributed by atoms with Crippen molar-refractivity contribution in [3.63, 3.8) is 0 Å². The van der Waals surface area contributed by atoms with E-state index in [0.29, 0.717) is 5.69 Å². The fourth-order valence-corrected chi connectivity index (χ4v) is 2.66. The number of hydrogen-bond acceptors (Lipinski definition) is 4. The Labute approximate surface area is 105 Å². The summed E-state index contributed by atoms with van der Waals surface area (Å²) in [5.74, 6) is -0.613. The van der Waals surface area contributed by atoms with Gasteiger partial charge in [0.05, 0.1) is 5.69 Å². The van der Waals surface area contributed by atoms with E-state index in [4.69, 9.17) is 5.14 Å². The van der Waals surface area contributed by atoms with Gasteiger partial charge in [-0.3, -0.25) is 9.89 Å². The van der Waals surface area contributed by atoms with Gasteiger partial charge in [-0.05, 0) is 18.8 Å². The third kappa shape index (κ3) is 2.54. The first-order valence-electron chi connectivity index (χ1n) is 5.72. The molecule has 18 heavy (non-hydrogen) atoms. The van der Waals surface area contributed by atoms with Gasteiger partial charge in [0.1, 0.15) is 4.90 Å². The van der Waals surface area contributed by atoms with E-state index in [9.17, 15) is 13.2 Å². The molecule has 1 fully saturated rings. The summed E-state index contributed by atoms with van der Waals surface area (Å²) < 4.78 is 23.2. The van der Waals surface area contributed by atoms with Crippen molar-refractivity contribution >= 4 is 15.9 Å². The zero-order chi connectivity index (χ0) is 13.5. The number of amides is 1. The van der Waals surface area contributed by atoms with E-state index in [1.807, 2.05) is 0 Å². The Morgan fingerprint density at radius 2 is 2.11 bits per heavy atom. The van der Waals surface area contributed by atoms with Crippen LogP contribution in [0.15, 0.2) is 4.90 Å². The van der Waals surface area contributed by atoms with Crippen LogP contribution in [0.5, 0.6) is 0 Å². The van der Waals surface area contributed by atoms with Crippen LogP contribution in [-0.4, -0.2) is 30.6 Å². The number of nitrogens with two attached hydrogens (primary N) is 1. The lowest BCUT2D eigenvalue weighted by atomic mass is 10.1. The Kier molecular flexibility index (Phi) is 3.16. The lowest BCUT2D eigenvalue weighted by molar-refractivity contribution is 0.0942. The molecule has 0 atom stereocenters. The Balaban J connectivity index is 2.43. The molecule has 2 rings (SSSR count). The van der Waals surface area contributed by atoms with Crippen molar-refractivity contribution in [3.05, 3.63) is 11.4 Å². The molecule has 4 N–H and O–H groups in total. The minimum absolute atomic E-state index is 0.117. The second-order valence-corrected chi connectivity index (χ2v) is 6.26. The predicted octanol–water partition coefficient (Wildman–Crippen LogP) is 0.0727. The summed E-state index contributed by atoms with van der Waals surface area (Å²) in [6.45, 7) is 3.59. The third-order valence-corrected chi connectivity index (χ3v) is 3.72. The Hall–Kier alpha value is -1.41. The average molecular weight is 272 g/mol. The number of rotatable bonds is 4. The van der Waals surface area contributed by atoms with Gasteiger partial charge in [0.25, 0.3) is 5.91 Å². The molecule has 1 saturated carbocycles. The Bertz CT molecular complexity index is 572. The van der Waals surface area contributed by atoms with E-state index < -0.39 is 15.9 Å². The standard InChI is InChI=1S/C10H16N4O3S/c1-5(2)7-9(18(11,16)17)8(14-13-7)10(15)12-6-3-4-6/h5-6H,3-4H2,1-2H3,(H,12,15)(H,13,14)(H2,11,16,17). The van der Waals surface area contributed by atoms with Crippen molar-refractivity contribution in [1.29, 1.82) is 0 Å². The Morgan fingerprint density at radius 1 is 1.50 bits per heavy atom. The molecular weight excluding hydrogens is 256 g/mol. The van der Waals surface area contributed by atoms with Gasteiger partial charge in [-0.15, -0.1) is 0 Å². The van der Waals surface area contributed by atoms with E-state index in [2.05, 4.69) is 15.5 Å². The number of carbonyl (C=O) groups is 1. The lowest BCUT2D eigenvalue weighted by Crippen LogP contribution is -2.28. The molecular formula is C10H16N4O3S. The predicted molar refractivity (Wildman–Crippen MR) is 64.5 cm³/mol. The van der Waals surface area contributed by atoms with Gasteiger partial charge in [-0.2, -0.15) is 5.10 Å². The van der Waals surface area contributed by atoms with Crippen LogP contribution in [0.4, 0.5) is 0 Å². The summed E-state index contributed by atoms with van der Waals surface area (Å²) in [4.78, 5) is 11.7. The van der Waals surface area contributed by atoms with Crippen LogP contribution in [-0.2, 0) is 10.0 Å². The van der Waals surface area contributed by atoms with E-state index in [-0.39, 0.29) is 22.5 Å². The second kappa shape index (κ2) is 4.36. The molecule has 7 nitrogen and oxygen atoms in total. The topological polar surface area (TPSA) is 118 Å². The van der Waals surface area contributed by atoms with Crippen LogP contribution in [0.25, 0.3) is 0 Å². The second-order valence-electron chi connectivity index (χ2n) is 4.76. The molecule has 1 aliphatic carbocycles. The van der Waals surface area contributed by atoms with Gasteiger partial charge in [-0.25, -0.2) is 13.6 Å². The van der Waals surface area contributed by atoms with Crippen LogP contribution < -0.4 is 10.5 Å². The number of nitrogens with one attached hydrogen (secondary N) is 2. The number of hydrogen-bond donors (Lipinski definition) is 3. The molecule has 8 heteroatoms. The van der Waals surface area contributed by atoms with Crippen LogP contribution in [0.1, 0.15) is 48.8 Å². The van der Waals surface area contributed by atoms with Gasteiger partial charge in [0.15, 0.2) is 5.69 Å². The number of aromatic amines is 1. The molecule has 0 aromatic carbocycles. The quantitative estimate of drug-likeness (QED) is 0.718. The monoisotopic (exact) mass is 272 g/mol. The molecule has 0 spiro atoms. The highest BCUT2D eigenvalue weighted by atomic mass is 32.2. The van der Waals surface area contributed by atoms with Crippen molar-refractivity contribution in [1.82, 2.24) is 15.5 Å². The molecule has 100 valence electrons. The fourth-order valence-electron chi connectivity index (χ4n) is 1.66. The SMILES string of the molecule is CC(C)c1[nH]nc(C(=O)NC2CC2)c1S(N)(=O)=O. The first-order valence-corrected chi connectivity index (χ1v) is 7.27. The summed E-state index contributed by atoms with van der Waals surface area (Å²) in [7, 11) is -3.98. The van der Waals surface area contributed by atoms with Crippen molar-refractivity contribution < 1.29 is 13.2 Å². The highest BCUT2D eigenvalue weighted by Gasteiger charge is 2.31. The van der Waals surface area contributed by atoms with Gasteiger partial charge in [0.2, 0.25) is 10.0 Å². The van der Waals surface area contributed by atoms with Gasteiger partial charge < -0.3 is 5.32 Å². The number of nitrogens with zero attached hydrogens (tertiary/aromatic N) is 1. The van der Waals surface area contributed by atoms with E-state index in [0.717, 1.165) is 12.8 Å². The molecule has 1 aromatic rings. The number of aromatic nitrogens is 2. The number of carbonyl (C=O) groups excluding carboxylic acids is 1. The van der Waals surface area contributed by atoms with Gasteiger partial charge in [-0.1, -0.05) is 13.8 Å². The third-order valence-electron chi connectivity index (χ3n) is 2.74. The largest absolute Gasteiger partial charge is 0.348 e. The molecule has 1 amide bonds. The summed E-state index contributed by atoms with van der Waals surface area (Å²) in [5, 5.41) is 14.2. The molecule has 0 radical (unpaired) electrons. The van der Waals surface area contributed by atoms with Crippen molar-refractivity contribution in [2.75, 3.05) is 0 Å². The summed E-state index contributed by atoms with van der Waals surface area (Å²) in [6.07, 6.45) is 1.83. The Morgan fingerprint density at radius 3 is 2.56 bits per heavy atom. The van der Waals surface area contributed by atoms with E-state index in [1.165, 1.54) is 0 Å². The maximum atomic E-state index is 11.9. The zero-order valence-electron chi connectivity index (χ0n) is 10.2. The van der Waals surface area contributed by atoms with E-state index in [1.54, 1.807) is 13.8 Å². The minimum atomic E-state index is -3.98. The zero-order valence-corrected chi connectivity index (χ0v) is 11.0. The molecule has 1 aliphatic rings. The number of sulfonamides is 1. The van der Waals surface area contributed by atoms with E-state index >= 15 is 0 Å². The number of H-pyrrole nitrogens is 1. The first-order chi connectivity index (χ1) is 8.30. The molecule has 0 aliphatic heterocycles. The summed E-state index contributed by atoms with van der Waals surface area (Å²) in [6, 6.07) is 0.130. The lowest BCUT2D eigenvalue weighted by Gasteiger charge is -2.06. The van der Waals surface area contributed by atoms with Crippen molar-refractivity contribution in [3.8, 4) is 0 Å². The molecule has 1 aromatic heterocycles. The summed E-state index contributed by atoms with van der Waals surface area (Å²) in [5.41, 5.74) is 0.214. The minimum Gasteiger partial charge on any atom is -0.348 e. The van der Waals surface area contributed by atoms with Crippen molar-refractivity contribution in [2.24, 2.45) is 5.14 Å². The van der Waals surface area contributed by atoms with Gasteiger partial charge in [0, 0.05) is 6.04 Å². The first kappa shape index (κ1) is 13.0. The highest BCUT2D eigenvalue weighted by molar-refractivity contribution is 7.89. The van der Waals surface area contributed by atoms with Crippen LogP contribution in [0.2, 0.25) is 0 Å². The maximum Gasteiger partial charge on any atom is 0.273 e. The summed E-state index contributed by atoms with van der Waals surface area (Å²) >= 11 is 0. The van der Waals surface area contributed by atoms with Gasteiger partial charge >= 0.3 is 0 Å². The van der Waals surface area contributed by atoms with Crippen LogP contribution >= 0.6 is 0 Å². The fraction of sp³-hybridized carbons (Fsp3) is 0.600. The average Bonchev–Trinajstić information content (AvgIpc) is 2.92. The maximum absolute atomic E-state index is 11.9. The molecule has 0 unspecified atom stereocenters. The normalized spacial score (nSPS) is 16.0. The van der Waals surface area contributed by atoms with Crippen LogP contribution in [0.3, 0.4) is 0 Å².